The van der Waals surface area contributed by atoms with Crippen LogP contribution in [0, 0.1) is 0 Å². The van der Waals surface area contributed by atoms with Crippen molar-refractivity contribution in [2.45, 2.75) is 56.6 Å². The predicted octanol–water partition coefficient (Wildman–Crippen LogP) is 0.847. The molecule has 0 aliphatic carbocycles. The van der Waals surface area contributed by atoms with Crippen LogP contribution in [0.2, 0.25) is 13.1 Å². The topological polar surface area (TPSA) is 138 Å². The normalized spacial score (nSPS) is 16.1. The number of carbonyl (C=O) groups is 1. The minimum atomic E-state index is -4.20. The lowest BCUT2D eigenvalue weighted by Gasteiger charge is -2.36. The van der Waals surface area contributed by atoms with E-state index in [1.165, 1.54) is 55.5 Å². The van der Waals surface area contributed by atoms with Crippen LogP contribution in [0.3, 0.4) is 0 Å². The van der Waals surface area contributed by atoms with Gasteiger partial charge in [0, 0.05) is 42.4 Å². The van der Waals surface area contributed by atoms with E-state index in [-0.39, 0.29) is 4.90 Å². The van der Waals surface area contributed by atoms with E-state index in [1.807, 2.05) is 0 Å². The van der Waals surface area contributed by atoms with Crippen molar-refractivity contribution in [2.75, 3.05) is 31.1 Å². The minimum absolute atomic E-state index is 0.0774. The average Bonchev–Trinajstić information content (AvgIpc) is 2.98. The molecule has 3 heterocycles. The van der Waals surface area contributed by atoms with Gasteiger partial charge in [-0.2, -0.15) is 8.42 Å². The molecule has 3 aromatic rings. The molecule has 3 aliphatic heterocycles. The molecule has 0 atom stereocenters. The third kappa shape index (κ3) is 7.27. The maximum Gasteiger partial charge on any atom is 0.425 e. The summed E-state index contributed by atoms with van der Waals surface area (Å²) in [6, 6.07) is 16.3. The van der Waals surface area contributed by atoms with Gasteiger partial charge in [0.1, 0.15) is 14.6 Å². The molecule has 0 fully saturated rings. The molecule has 3 aromatic carbocycles. The fourth-order valence-corrected chi connectivity index (χ4v) is 10.4. The van der Waals surface area contributed by atoms with Crippen molar-refractivity contribution < 1.29 is 35.1 Å². The number of hydrogen-bond donors (Lipinski definition) is 1. The maximum absolute atomic E-state index is 11.5. The van der Waals surface area contributed by atoms with Gasteiger partial charge in [0.15, 0.2) is 6.54 Å². The number of rotatable bonds is 8. The molecule has 6 rings (SSSR count). The molecule has 238 valence electrons. The molecule has 0 amide bonds. The van der Waals surface area contributed by atoms with E-state index in [9.17, 15) is 17.8 Å². The van der Waals surface area contributed by atoms with Gasteiger partial charge in [0.05, 0.1) is 11.5 Å². The lowest BCUT2D eigenvalue weighted by molar-refractivity contribution is -0.128. The van der Waals surface area contributed by atoms with Gasteiger partial charge in [0.25, 0.3) is 16.6 Å². The summed E-state index contributed by atoms with van der Waals surface area (Å²) in [5, 5.41) is 5.56. The monoisotopic (exact) mass is 669 g/mol. The number of benzene rings is 3. The summed E-state index contributed by atoms with van der Waals surface area (Å²) in [5.74, 6) is 0. The third-order valence-corrected chi connectivity index (χ3v) is 13.4. The van der Waals surface area contributed by atoms with Crippen molar-refractivity contribution in [3.8, 4) is 0 Å². The second-order valence-electron chi connectivity index (χ2n) is 12.2. The van der Waals surface area contributed by atoms with Gasteiger partial charge >= 0.3 is 10.6 Å². The van der Waals surface area contributed by atoms with E-state index < -0.39 is 28.8 Å². The molecule has 10 nitrogen and oxygen atoms in total. The van der Waals surface area contributed by atoms with Crippen molar-refractivity contribution in [1.82, 2.24) is 4.58 Å². The molecule has 1 N–H and O–H groups in total. The Morgan fingerprint density at radius 3 is 2.40 bits per heavy atom. The number of anilines is 1. The van der Waals surface area contributed by atoms with E-state index in [4.69, 9.17) is 17.4 Å². The van der Waals surface area contributed by atoms with E-state index in [0.717, 1.165) is 57.3 Å². The molecular weight excluding hydrogens is 633 g/mol. The zero-order valence-corrected chi connectivity index (χ0v) is 28.0. The first-order valence-corrected chi connectivity index (χ1v) is 20.4. The minimum Gasteiger partial charge on any atom is -0.468 e. The second kappa shape index (κ2) is 13.4. The van der Waals surface area contributed by atoms with Gasteiger partial charge in [-0.15, -0.1) is 12.6 Å². The van der Waals surface area contributed by atoms with E-state index in [0.29, 0.717) is 19.6 Å². The zero-order chi connectivity index (χ0) is 32.4. The van der Waals surface area contributed by atoms with Crippen molar-refractivity contribution >= 4 is 57.4 Å². The molecule has 0 aromatic heterocycles. The first kappa shape index (κ1) is 32.7. The first-order valence-electron chi connectivity index (χ1n) is 15.0. The Balaban J connectivity index is 0.000000945. The summed E-state index contributed by atoms with van der Waals surface area (Å²) in [5.41, 5.74) is 6.51. The Morgan fingerprint density at radius 2 is 1.71 bits per heavy atom. The fourth-order valence-electron chi connectivity index (χ4n) is 6.86. The van der Waals surface area contributed by atoms with Crippen LogP contribution in [0.1, 0.15) is 41.5 Å². The third-order valence-electron chi connectivity index (χ3n) is 8.94. The molecule has 0 unspecified atom stereocenters. The highest BCUT2D eigenvalue weighted by atomic mass is 32.2. The molecule has 3 aliphatic rings. The van der Waals surface area contributed by atoms with Gasteiger partial charge in [0.2, 0.25) is 5.36 Å². The highest BCUT2D eigenvalue weighted by molar-refractivity contribution is 7.85. The number of ether oxygens (including phenoxy) is 1. The number of hydrogen-bond acceptors (Lipinski definition) is 8. The number of aryl methyl sites for hydroxylation is 2. The molecule has 0 radical (unpaired) electrons. The lowest BCUT2D eigenvalue weighted by Crippen LogP contribution is -2.63. The lowest BCUT2D eigenvalue weighted by atomic mass is 9.97. The number of carbonyl (C=O) groups excluding carboxylic acids is 1. The Labute approximate surface area is 265 Å². The fraction of sp³-hybridized carbons (Fsp3) is 0.375. The molecule has 0 saturated heterocycles. The van der Waals surface area contributed by atoms with Crippen molar-refractivity contribution in [2.24, 2.45) is 0 Å². The maximum atomic E-state index is 11.5. The summed E-state index contributed by atoms with van der Waals surface area (Å²) in [6.45, 7) is 9.46. The second-order valence-corrected chi connectivity index (χ2v) is 18.3. The quantitative estimate of drug-likeness (QED) is 0.122. The summed E-state index contributed by atoms with van der Waals surface area (Å²) >= 11 is 0. The van der Waals surface area contributed by atoms with Crippen LogP contribution in [-0.4, -0.2) is 66.4 Å². The largest absolute Gasteiger partial charge is 0.468 e. The van der Waals surface area contributed by atoms with E-state index >= 15 is 0 Å². The number of nitrogens with zero attached hydrogens (tertiary/aromatic N) is 2. The van der Waals surface area contributed by atoms with E-state index in [1.54, 1.807) is 12.1 Å². The first-order chi connectivity index (χ1) is 21.4. The zero-order valence-electron chi connectivity index (χ0n) is 25.4. The van der Waals surface area contributed by atoms with Gasteiger partial charge < -0.3 is 9.64 Å². The van der Waals surface area contributed by atoms with E-state index in [2.05, 4.69) is 52.9 Å². The SMILES string of the molecule is C[Si]1(C)c2cc3c(cc2C=c2cc4c(cc21)=[N+](Cc1ccc(S(=O)(=O)O)cc1)CCC4)CCCN3CCCOC=O.O=S(=O)=O. The summed E-state index contributed by atoms with van der Waals surface area (Å²) in [7, 11) is -9.33. The van der Waals surface area contributed by atoms with Crippen molar-refractivity contribution in [3.05, 3.63) is 81.4 Å². The Kier molecular flexibility index (Phi) is 9.73. The van der Waals surface area contributed by atoms with Crippen LogP contribution < -0.4 is 30.4 Å². The molecule has 45 heavy (non-hydrogen) atoms. The van der Waals surface area contributed by atoms with Crippen LogP contribution in [0.15, 0.2) is 53.4 Å². The Bertz CT molecular complexity index is 1970. The standard InChI is InChI=1S/C32H36N2O5SSi.O3S/c1-41(2)31-19-29-24(6-3-12-33(29)14-5-15-39-22-35)16-26(31)18-27-17-25-7-4-13-34(30(25)20-32(27)41)21-23-8-10-28(11-9-23)40(36,37)38;1-4(2)3/h8-11,16-20,22H,3-7,12-15,21H2,1-2H3;/p+1. The van der Waals surface area contributed by atoms with Gasteiger partial charge in [-0.25, -0.2) is 4.58 Å². The van der Waals surface area contributed by atoms with Crippen molar-refractivity contribution in [1.29, 1.82) is 0 Å². The van der Waals surface area contributed by atoms with Gasteiger partial charge in [-0.05, 0) is 88.8 Å². The summed E-state index contributed by atoms with van der Waals surface area (Å²) in [4.78, 5) is 13.0. The molecule has 13 heteroatoms. The highest BCUT2D eigenvalue weighted by Crippen LogP contribution is 2.29. The number of fused-ring (bicyclic) bond motifs is 4. The van der Waals surface area contributed by atoms with Crippen LogP contribution in [0.4, 0.5) is 5.69 Å². The molecular formula is C32H37N2O8S2Si+. The van der Waals surface area contributed by atoms with Crippen LogP contribution >= 0.6 is 0 Å². The molecule has 0 spiro atoms. The van der Waals surface area contributed by atoms with Crippen LogP contribution in [0.25, 0.3) is 6.08 Å². The Hall–Kier alpha value is -3.65. The smallest absolute Gasteiger partial charge is 0.425 e. The molecule has 0 saturated carbocycles. The Morgan fingerprint density at radius 1 is 1.00 bits per heavy atom. The molecule has 0 bridgehead atoms. The van der Waals surface area contributed by atoms with Crippen LogP contribution in [0.5, 0.6) is 0 Å². The van der Waals surface area contributed by atoms with Gasteiger partial charge in [-0.3, -0.25) is 9.35 Å². The predicted molar refractivity (Wildman–Crippen MR) is 174 cm³/mol. The van der Waals surface area contributed by atoms with Gasteiger partial charge in [-0.1, -0.05) is 25.2 Å². The average molecular weight is 670 g/mol. The summed E-state index contributed by atoms with van der Waals surface area (Å²) in [6.07, 6.45) is 7.58. The van der Waals surface area contributed by atoms with Crippen LogP contribution in [-0.2, 0) is 49.6 Å². The summed E-state index contributed by atoms with van der Waals surface area (Å²) < 4.78 is 65.0. The van der Waals surface area contributed by atoms with Crippen molar-refractivity contribution in [3.63, 3.8) is 0 Å². The highest BCUT2D eigenvalue weighted by Gasteiger charge is 2.35.